The topological polar surface area (TPSA) is 36.4 Å². The summed E-state index contributed by atoms with van der Waals surface area (Å²) in [5.41, 5.74) is 1.89. The molecule has 0 amide bonds. The number of anilines is 1. The number of benzene rings is 1. The van der Waals surface area contributed by atoms with E-state index in [4.69, 9.17) is 4.98 Å². The zero-order valence-electron chi connectivity index (χ0n) is 11.9. The number of aromatic nitrogens is 1. The van der Waals surface area contributed by atoms with Gasteiger partial charge >= 0.3 is 0 Å². The van der Waals surface area contributed by atoms with Crippen molar-refractivity contribution in [3.05, 3.63) is 35.9 Å². The molecular weight excluding hydrogens is 236 g/mol. The first-order valence-electron chi connectivity index (χ1n) is 6.93. The van der Waals surface area contributed by atoms with Gasteiger partial charge in [0.15, 0.2) is 0 Å². The second-order valence-corrected chi connectivity index (χ2v) is 4.90. The molecule has 1 heterocycles. The van der Waals surface area contributed by atoms with Crippen molar-refractivity contribution in [3.8, 4) is 0 Å². The first-order chi connectivity index (χ1) is 9.21. The number of pyridine rings is 1. The van der Waals surface area contributed by atoms with Gasteiger partial charge in [-0.15, -0.1) is 0 Å². The minimum absolute atomic E-state index is 0.0484. The van der Waals surface area contributed by atoms with Gasteiger partial charge in [0, 0.05) is 18.5 Å². The van der Waals surface area contributed by atoms with Crippen LogP contribution in [0.2, 0.25) is 0 Å². The standard InChI is InChI=1S/C16H22N2O/c1-4-13(5-2)18(3)16-10-12(11-19)14-8-6-7-9-15(14)17-16/h6-10,13,19H,4-5,11H2,1-3H3. The minimum atomic E-state index is 0.0484. The summed E-state index contributed by atoms with van der Waals surface area (Å²) in [4.78, 5) is 6.93. The van der Waals surface area contributed by atoms with E-state index in [1.54, 1.807) is 0 Å². The first kappa shape index (κ1) is 13.8. The summed E-state index contributed by atoms with van der Waals surface area (Å²) in [6.45, 7) is 4.43. The van der Waals surface area contributed by atoms with E-state index in [0.29, 0.717) is 6.04 Å². The quantitative estimate of drug-likeness (QED) is 0.893. The molecule has 0 saturated heterocycles. The minimum Gasteiger partial charge on any atom is -0.392 e. The Balaban J connectivity index is 2.49. The number of aliphatic hydroxyl groups excluding tert-OH is 1. The molecular formula is C16H22N2O. The van der Waals surface area contributed by atoms with E-state index in [1.165, 1.54) is 0 Å². The molecule has 19 heavy (non-hydrogen) atoms. The van der Waals surface area contributed by atoms with Crippen molar-refractivity contribution in [2.45, 2.75) is 39.3 Å². The van der Waals surface area contributed by atoms with Crippen molar-refractivity contribution < 1.29 is 5.11 Å². The molecule has 2 aromatic rings. The highest BCUT2D eigenvalue weighted by Gasteiger charge is 2.14. The van der Waals surface area contributed by atoms with Gasteiger partial charge in [-0.25, -0.2) is 4.98 Å². The van der Waals surface area contributed by atoms with Gasteiger partial charge in [-0.2, -0.15) is 0 Å². The average molecular weight is 258 g/mol. The Labute approximate surface area is 114 Å². The molecule has 0 radical (unpaired) electrons. The van der Waals surface area contributed by atoms with Crippen LogP contribution >= 0.6 is 0 Å². The lowest BCUT2D eigenvalue weighted by molar-refractivity contribution is 0.283. The number of rotatable bonds is 5. The summed E-state index contributed by atoms with van der Waals surface area (Å²) in [5, 5.41) is 10.6. The number of hydrogen-bond donors (Lipinski definition) is 1. The van der Waals surface area contributed by atoms with Gasteiger partial charge < -0.3 is 10.0 Å². The van der Waals surface area contributed by atoms with E-state index in [2.05, 4.69) is 25.8 Å². The van der Waals surface area contributed by atoms with Crippen LogP contribution in [0.25, 0.3) is 10.9 Å². The number of hydrogen-bond acceptors (Lipinski definition) is 3. The molecule has 0 spiro atoms. The van der Waals surface area contributed by atoms with Gasteiger partial charge in [-0.1, -0.05) is 32.0 Å². The van der Waals surface area contributed by atoms with Gasteiger partial charge in [0.2, 0.25) is 0 Å². The summed E-state index contributed by atoms with van der Waals surface area (Å²) in [5.74, 6) is 0.941. The number of aliphatic hydroxyl groups is 1. The Morgan fingerprint density at radius 3 is 2.53 bits per heavy atom. The Bertz CT molecular complexity index is 549. The number of nitrogens with zero attached hydrogens (tertiary/aromatic N) is 2. The van der Waals surface area contributed by atoms with E-state index in [1.807, 2.05) is 30.3 Å². The molecule has 102 valence electrons. The lowest BCUT2D eigenvalue weighted by atomic mass is 10.1. The van der Waals surface area contributed by atoms with Crippen LogP contribution < -0.4 is 4.90 Å². The highest BCUT2D eigenvalue weighted by Crippen LogP contribution is 2.24. The molecule has 1 aromatic heterocycles. The molecule has 0 atom stereocenters. The molecule has 3 nitrogen and oxygen atoms in total. The van der Waals surface area contributed by atoms with Gasteiger partial charge in [0.05, 0.1) is 12.1 Å². The molecule has 0 aliphatic heterocycles. The van der Waals surface area contributed by atoms with Crippen molar-refractivity contribution in [2.75, 3.05) is 11.9 Å². The molecule has 0 aliphatic rings. The Hall–Kier alpha value is -1.61. The Kier molecular flexibility index (Phi) is 4.38. The highest BCUT2D eigenvalue weighted by molar-refractivity contribution is 5.84. The van der Waals surface area contributed by atoms with Crippen molar-refractivity contribution in [1.82, 2.24) is 4.98 Å². The molecule has 3 heteroatoms. The third-order valence-corrected chi connectivity index (χ3v) is 3.81. The van der Waals surface area contributed by atoms with Crippen molar-refractivity contribution in [2.24, 2.45) is 0 Å². The van der Waals surface area contributed by atoms with Crippen LogP contribution in [0.5, 0.6) is 0 Å². The molecule has 0 aliphatic carbocycles. The number of para-hydroxylation sites is 1. The average Bonchev–Trinajstić information content (AvgIpc) is 2.47. The summed E-state index contributed by atoms with van der Waals surface area (Å²) in [6, 6.07) is 10.5. The monoisotopic (exact) mass is 258 g/mol. The van der Waals surface area contributed by atoms with Crippen LogP contribution in [-0.4, -0.2) is 23.2 Å². The molecule has 0 bridgehead atoms. The van der Waals surface area contributed by atoms with Gasteiger partial charge in [0.1, 0.15) is 5.82 Å². The van der Waals surface area contributed by atoms with E-state index in [9.17, 15) is 5.11 Å². The van der Waals surface area contributed by atoms with Crippen LogP contribution in [0, 0.1) is 0 Å². The maximum atomic E-state index is 9.55. The molecule has 2 rings (SSSR count). The third-order valence-electron chi connectivity index (χ3n) is 3.81. The summed E-state index contributed by atoms with van der Waals surface area (Å²) < 4.78 is 0. The summed E-state index contributed by atoms with van der Waals surface area (Å²) in [6.07, 6.45) is 2.19. The predicted octanol–water partition coefficient (Wildman–Crippen LogP) is 3.35. The fourth-order valence-electron chi connectivity index (χ4n) is 2.57. The predicted molar refractivity (Wildman–Crippen MR) is 80.4 cm³/mol. The smallest absolute Gasteiger partial charge is 0.129 e. The zero-order valence-corrected chi connectivity index (χ0v) is 11.9. The van der Waals surface area contributed by atoms with Crippen LogP contribution in [-0.2, 0) is 6.61 Å². The first-order valence-corrected chi connectivity index (χ1v) is 6.93. The van der Waals surface area contributed by atoms with Gasteiger partial charge in [-0.3, -0.25) is 0 Å². The van der Waals surface area contributed by atoms with Crippen LogP contribution in [0.1, 0.15) is 32.3 Å². The van der Waals surface area contributed by atoms with E-state index >= 15 is 0 Å². The SMILES string of the molecule is CCC(CC)N(C)c1cc(CO)c2ccccc2n1. The molecule has 0 fully saturated rings. The lowest BCUT2D eigenvalue weighted by Gasteiger charge is -2.28. The maximum Gasteiger partial charge on any atom is 0.129 e. The Morgan fingerprint density at radius 1 is 1.21 bits per heavy atom. The largest absolute Gasteiger partial charge is 0.392 e. The highest BCUT2D eigenvalue weighted by atomic mass is 16.3. The molecule has 0 unspecified atom stereocenters. The molecule has 1 aromatic carbocycles. The number of fused-ring (bicyclic) bond motifs is 1. The zero-order chi connectivity index (χ0) is 13.8. The van der Waals surface area contributed by atoms with Gasteiger partial charge in [-0.05, 0) is 30.5 Å². The molecule has 1 N–H and O–H groups in total. The van der Waals surface area contributed by atoms with Crippen LogP contribution in [0.3, 0.4) is 0 Å². The fraction of sp³-hybridized carbons (Fsp3) is 0.438. The van der Waals surface area contributed by atoms with Crippen LogP contribution in [0.15, 0.2) is 30.3 Å². The Morgan fingerprint density at radius 2 is 1.89 bits per heavy atom. The van der Waals surface area contributed by atoms with E-state index in [0.717, 1.165) is 35.1 Å². The van der Waals surface area contributed by atoms with Crippen LogP contribution in [0.4, 0.5) is 5.82 Å². The summed E-state index contributed by atoms with van der Waals surface area (Å²) >= 11 is 0. The lowest BCUT2D eigenvalue weighted by Crippen LogP contribution is -2.31. The third kappa shape index (κ3) is 2.71. The van der Waals surface area contributed by atoms with E-state index < -0.39 is 0 Å². The second-order valence-electron chi connectivity index (χ2n) is 4.90. The van der Waals surface area contributed by atoms with Crippen molar-refractivity contribution in [1.29, 1.82) is 0 Å². The fourth-order valence-corrected chi connectivity index (χ4v) is 2.57. The van der Waals surface area contributed by atoms with Gasteiger partial charge in [0.25, 0.3) is 0 Å². The maximum absolute atomic E-state index is 9.55. The van der Waals surface area contributed by atoms with E-state index in [-0.39, 0.29) is 6.61 Å². The van der Waals surface area contributed by atoms with Crippen molar-refractivity contribution in [3.63, 3.8) is 0 Å². The van der Waals surface area contributed by atoms with Crippen molar-refractivity contribution >= 4 is 16.7 Å². The normalized spacial score (nSPS) is 11.2. The molecule has 0 saturated carbocycles. The second kappa shape index (κ2) is 6.02. The summed E-state index contributed by atoms with van der Waals surface area (Å²) in [7, 11) is 2.08.